The van der Waals surface area contributed by atoms with E-state index in [2.05, 4.69) is 5.32 Å². The highest BCUT2D eigenvalue weighted by molar-refractivity contribution is 7.93. The summed E-state index contributed by atoms with van der Waals surface area (Å²) in [5.74, 6) is -3.29. The Balaban J connectivity index is 1.99. The monoisotopic (exact) mass is 494 g/mol. The van der Waals surface area contributed by atoms with E-state index in [-0.39, 0.29) is 40.6 Å². The summed E-state index contributed by atoms with van der Waals surface area (Å²) in [5.41, 5.74) is -0.463. The molecule has 0 unspecified atom stereocenters. The molecule has 172 valence electrons. The number of nitrogens with one attached hydrogen (secondary N) is 1. The van der Waals surface area contributed by atoms with E-state index >= 15 is 0 Å². The van der Waals surface area contributed by atoms with Crippen LogP contribution in [0.1, 0.15) is 10.4 Å². The minimum Gasteiger partial charge on any atom is -0.505 e. The molecular formula is C22H17ClF2N2O5S. The van der Waals surface area contributed by atoms with Gasteiger partial charge in [-0.05, 0) is 24.3 Å². The fraction of sp³-hybridized carbons (Fsp3) is 0.136. The highest BCUT2D eigenvalue weighted by Crippen LogP contribution is 2.39. The number of ether oxygens (including phenoxy) is 1. The fourth-order valence-corrected chi connectivity index (χ4v) is 5.01. The van der Waals surface area contributed by atoms with Gasteiger partial charge >= 0.3 is 0 Å². The molecule has 0 fully saturated rings. The molecule has 3 aromatic carbocycles. The Morgan fingerprint density at radius 1 is 1.09 bits per heavy atom. The van der Waals surface area contributed by atoms with Gasteiger partial charge in [0.2, 0.25) is 0 Å². The molecule has 11 heteroatoms. The topological polar surface area (TPSA) is 95.9 Å². The van der Waals surface area contributed by atoms with Crippen molar-refractivity contribution in [2.75, 3.05) is 24.5 Å². The largest absolute Gasteiger partial charge is 0.505 e. The number of amides is 1. The molecule has 2 N–H and O–H groups in total. The van der Waals surface area contributed by atoms with E-state index in [0.29, 0.717) is 10.4 Å². The number of fused-ring (bicyclic) bond motifs is 6. The number of nitrogens with zero attached hydrogens (tertiary/aromatic N) is 1. The molecule has 0 saturated heterocycles. The van der Waals surface area contributed by atoms with Crippen molar-refractivity contribution in [2.24, 2.45) is 0 Å². The number of rotatable bonds is 0. The molecule has 0 aliphatic carbocycles. The minimum atomic E-state index is -4.62. The zero-order valence-corrected chi connectivity index (χ0v) is 18.7. The Morgan fingerprint density at radius 2 is 1.82 bits per heavy atom. The summed E-state index contributed by atoms with van der Waals surface area (Å²) in [5, 5.41) is 12.5. The van der Waals surface area contributed by atoms with Crippen molar-refractivity contribution in [1.29, 1.82) is 0 Å². The van der Waals surface area contributed by atoms with Crippen LogP contribution in [0.15, 0.2) is 53.4 Å². The van der Waals surface area contributed by atoms with E-state index in [1.807, 2.05) is 0 Å². The van der Waals surface area contributed by atoms with E-state index in [1.54, 1.807) is 18.2 Å². The van der Waals surface area contributed by atoms with Crippen molar-refractivity contribution < 1.29 is 31.8 Å². The first-order valence-corrected chi connectivity index (χ1v) is 11.4. The highest BCUT2D eigenvalue weighted by atomic mass is 35.5. The normalized spacial score (nSPS) is 15.5. The lowest BCUT2D eigenvalue weighted by Crippen LogP contribution is -2.29. The van der Waals surface area contributed by atoms with Crippen molar-refractivity contribution in [3.63, 3.8) is 0 Å². The number of halogens is 3. The molecular weight excluding hydrogens is 478 g/mol. The van der Waals surface area contributed by atoms with Gasteiger partial charge in [-0.15, -0.1) is 0 Å². The van der Waals surface area contributed by atoms with Crippen molar-refractivity contribution in [3.8, 4) is 22.6 Å². The number of sulfonamides is 1. The SMILES string of the molecule is CN1c2cc(c(F)cc2F)-c2ccccc2OCCNC(=O)c2cc(Cl)c(O)c(c2)S1(=O)=O. The van der Waals surface area contributed by atoms with Crippen LogP contribution in [-0.2, 0) is 10.0 Å². The van der Waals surface area contributed by atoms with Crippen molar-refractivity contribution >= 4 is 33.2 Å². The number of carbonyl (C=O) groups excluding carboxylic acids is 1. The maximum absolute atomic E-state index is 14.8. The number of anilines is 1. The number of para-hydroxylation sites is 1. The molecule has 1 heterocycles. The zero-order chi connectivity index (χ0) is 23.9. The summed E-state index contributed by atoms with van der Waals surface area (Å²) in [6, 6.07) is 10.0. The summed E-state index contributed by atoms with van der Waals surface area (Å²) >= 11 is 5.97. The number of phenolic OH excluding ortho intramolecular Hbond substituents is 1. The van der Waals surface area contributed by atoms with Gasteiger partial charge in [0.1, 0.15) is 28.9 Å². The fourth-order valence-electron chi connectivity index (χ4n) is 3.41. The Kier molecular flexibility index (Phi) is 5.89. The van der Waals surface area contributed by atoms with E-state index in [0.717, 1.165) is 25.2 Å². The van der Waals surface area contributed by atoms with Crippen LogP contribution >= 0.6 is 11.6 Å². The molecule has 1 aliphatic rings. The summed E-state index contributed by atoms with van der Waals surface area (Å²) in [6.45, 7) is 0.0418. The van der Waals surface area contributed by atoms with Crippen LogP contribution in [0.4, 0.5) is 14.5 Å². The lowest BCUT2D eigenvalue weighted by molar-refractivity contribution is 0.0947. The summed E-state index contributed by atoms with van der Waals surface area (Å²) in [4.78, 5) is 11.8. The van der Waals surface area contributed by atoms with Crippen LogP contribution in [0, 0.1) is 11.6 Å². The first-order chi connectivity index (χ1) is 15.6. The Bertz CT molecular complexity index is 1380. The molecule has 7 nitrogen and oxygen atoms in total. The van der Waals surface area contributed by atoms with Gasteiger partial charge in [0, 0.05) is 29.8 Å². The molecule has 1 aliphatic heterocycles. The van der Waals surface area contributed by atoms with Gasteiger partial charge in [-0.2, -0.15) is 0 Å². The van der Waals surface area contributed by atoms with Gasteiger partial charge in [-0.1, -0.05) is 29.8 Å². The van der Waals surface area contributed by atoms with Crippen LogP contribution < -0.4 is 14.4 Å². The van der Waals surface area contributed by atoms with Crippen LogP contribution in [0.25, 0.3) is 11.1 Å². The molecule has 0 atom stereocenters. The molecule has 33 heavy (non-hydrogen) atoms. The van der Waals surface area contributed by atoms with Crippen LogP contribution in [0.3, 0.4) is 0 Å². The van der Waals surface area contributed by atoms with E-state index < -0.39 is 43.9 Å². The lowest BCUT2D eigenvalue weighted by atomic mass is 10.0. The summed E-state index contributed by atoms with van der Waals surface area (Å²) < 4.78 is 62.3. The average molecular weight is 495 g/mol. The van der Waals surface area contributed by atoms with Crippen LogP contribution in [-0.4, -0.2) is 39.6 Å². The first-order valence-electron chi connectivity index (χ1n) is 9.62. The smallest absolute Gasteiger partial charge is 0.267 e. The molecule has 0 saturated carbocycles. The van der Waals surface area contributed by atoms with Gasteiger partial charge in [-0.25, -0.2) is 17.2 Å². The van der Waals surface area contributed by atoms with Gasteiger partial charge < -0.3 is 15.2 Å². The Morgan fingerprint density at radius 3 is 2.58 bits per heavy atom. The van der Waals surface area contributed by atoms with Crippen LogP contribution in [0.5, 0.6) is 11.5 Å². The molecule has 3 aromatic rings. The molecule has 0 spiro atoms. The highest BCUT2D eigenvalue weighted by Gasteiger charge is 2.30. The van der Waals surface area contributed by atoms with Gasteiger partial charge in [-0.3, -0.25) is 9.10 Å². The van der Waals surface area contributed by atoms with E-state index in [9.17, 15) is 27.1 Å². The third kappa shape index (κ3) is 4.07. The average Bonchev–Trinajstić information content (AvgIpc) is 2.77. The van der Waals surface area contributed by atoms with Crippen molar-refractivity contribution in [1.82, 2.24) is 5.32 Å². The predicted molar refractivity (Wildman–Crippen MR) is 118 cm³/mol. The standard InChI is InChI=1S/C22H17ClF2N2O5S/c1-27-18-10-14(16(24)11-17(18)25)13-4-2-3-5-19(13)32-7-6-26-22(29)12-8-15(23)21(28)20(9-12)33(27,30)31/h2-5,8-11,28H,6-7H2,1H3,(H,26,29). The molecule has 1 amide bonds. The van der Waals surface area contributed by atoms with Gasteiger partial charge in [0.25, 0.3) is 15.9 Å². The quantitative estimate of drug-likeness (QED) is 0.493. The van der Waals surface area contributed by atoms with Crippen LogP contribution in [0.2, 0.25) is 5.02 Å². The third-order valence-electron chi connectivity index (χ3n) is 5.13. The second kappa shape index (κ2) is 8.53. The summed E-state index contributed by atoms with van der Waals surface area (Å²) in [6.07, 6.45) is 0. The van der Waals surface area contributed by atoms with Gasteiger partial charge in [0.15, 0.2) is 5.75 Å². The number of aromatic hydroxyl groups is 1. The number of hydrogen-bond acceptors (Lipinski definition) is 5. The zero-order valence-electron chi connectivity index (χ0n) is 17.1. The first kappa shape index (κ1) is 22.8. The maximum atomic E-state index is 14.8. The number of phenols is 1. The second-order valence-electron chi connectivity index (χ2n) is 7.16. The second-order valence-corrected chi connectivity index (χ2v) is 9.51. The van der Waals surface area contributed by atoms with Crippen molar-refractivity contribution in [3.05, 3.63) is 70.8 Å². The molecule has 4 bridgehead atoms. The number of hydrogen-bond donors (Lipinski definition) is 2. The number of carbonyl (C=O) groups is 1. The lowest BCUT2D eigenvalue weighted by Gasteiger charge is -2.22. The summed E-state index contributed by atoms with van der Waals surface area (Å²) in [7, 11) is -3.58. The van der Waals surface area contributed by atoms with Crippen molar-refractivity contribution in [2.45, 2.75) is 4.90 Å². The van der Waals surface area contributed by atoms with E-state index in [4.69, 9.17) is 16.3 Å². The van der Waals surface area contributed by atoms with Gasteiger partial charge in [0.05, 0.1) is 17.3 Å². The molecule has 0 radical (unpaired) electrons. The molecule has 4 rings (SSSR count). The van der Waals surface area contributed by atoms with E-state index in [1.165, 1.54) is 6.07 Å². The minimum absolute atomic E-state index is 0.00922. The number of benzene rings is 3. The third-order valence-corrected chi connectivity index (χ3v) is 7.20. The Hall–Kier alpha value is -3.37. The molecule has 0 aromatic heterocycles. The Labute approximate surface area is 193 Å². The maximum Gasteiger partial charge on any atom is 0.267 e. The predicted octanol–water partition coefficient (Wildman–Crippen LogP) is 3.94.